The van der Waals surface area contributed by atoms with Crippen molar-refractivity contribution in [1.82, 2.24) is 9.80 Å². The molecule has 14 heavy (non-hydrogen) atoms. The molecule has 0 saturated carbocycles. The van der Waals surface area contributed by atoms with E-state index in [-0.39, 0.29) is 11.6 Å². The van der Waals surface area contributed by atoms with Gasteiger partial charge in [-0.3, -0.25) is 9.59 Å². The number of likely N-dealkylation sites (N-methyl/N-ethyl adjacent to an activating group) is 2. The Hall–Kier alpha value is -1.32. The lowest BCUT2D eigenvalue weighted by Gasteiger charge is -2.18. The second-order valence-electron chi connectivity index (χ2n) is 3.89. The fraction of sp³-hybridized carbons (Fsp3) is 0.600. The molecule has 2 aliphatic heterocycles. The summed E-state index contributed by atoms with van der Waals surface area (Å²) >= 11 is 0. The van der Waals surface area contributed by atoms with Crippen LogP contribution in [0.25, 0.3) is 0 Å². The molecule has 0 N–H and O–H groups in total. The zero-order chi connectivity index (χ0) is 10.3. The molecule has 2 heterocycles. The molecule has 2 rings (SSSR count). The molecule has 0 aliphatic carbocycles. The van der Waals surface area contributed by atoms with Gasteiger partial charge in [0.1, 0.15) is 11.4 Å². The highest BCUT2D eigenvalue weighted by Crippen LogP contribution is 2.25. The Morgan fingerprint density at radius 2 is 1.21 bits per heavy atom. The van der Waals surface area contributed by atoms with Gasteiger partial charge in [0.15, 0.2) is 11.6 Å². The van der Waals surface area contributed by atoms with Gasteiger partial charge in [-0.05, 0) is 0 Å². The SMILES string of the molecule is CN1CCC(=O)C1=C1C(=O)CCN1C. The van der Waals surface area contributed by atoms with Gasteiger partial charge in [-0.1, -0.05) is 0 Å². The molecule has 76 valence electrons. The van der Waals surface area contributed by atoms with Crippen LogP contribution in [0.3, 0.4) is 0 Å². The van der Waals surface area contributed by atoms with Crippen LogP contribution in [0, 0.1) is 0 Å². The van der Waals surface area contributed by atoms with Gasteiger partial charge in [-0.15, -0.1) is 0 Å². The molecule has 2 saturated heterocycles. The van der Waals surface area contributed by atoms with E-state index in [0.717, 1.165) is 13.1 Å². The number of allylic oxidation sites excluding steroid dienone is 2. The van der Waals surface area contributed by atoms with Crippen molar-refractivity contribution in [2.75, 3.05) is 27.2 Å². The number of hydrogen-bond donors (Lipinski definition) is 0. The number of Topliss-reactive ketones (excluding diaryl/α,β-unsaturated/α-hetero) is 2. The van der Waals surface area contributed by atoms with Crippen molar-refractivity contribution < 1.29 is 9.59 Å². The Balaban J connectivity index is 2.46. The second kappa shape index (κ2) is 3.12. The van der Waals surface area contributed by atoms with E-state index in [9.17, 15) is 9.59 Å². The minimum absolute atomic E-state index is 0.101. The lowest BCUT2D eigenvalue weighted by atomic mass is 10.2. The number of rotatable bonds is 0. The summed E-state index contributed by atoms with van der Waals surface area (Å²) in [5.41, 5.74) is 1.24. The van der Waals surface area contributed by atoms with Crippen LogP contribution < -0.4 is 0 Å². The summed E-state index contributed by atoms with van der Waals surface area (Å²) in [6.45, 7) is 1.47. The van der Waals surface area contributed by atoms with Crippen LogP contribution in [0.1, 0.15) is 12.8 Å². The summed E-state index contributed by atoms with van der Waals surface area (Å²) in [6.07, 6.45) is 1.08. The quantitative estimate of drug-likeness (QED) is 0.509. The van der Waals surface area contributed by atoms with Gasteiger partial charge in [0.05, 0.1) is 0 Å². The first-order valence-electron chi connectivity index (χ1n) is 4.84. The number of hydrogen-bond acceptors (Lipinski definition) is 4. The number of carbonyl (C=O) groups is 2. The third-order valence-corrected chi connectivity index (χ3v) is 2.86. The highest BCUT2D eigenvalue weighted by molar-refractivity contribution is 6.07. The lowest BCUT2D eigenvalue weighted by Crippen LogP contribution is -2.23. The summed E-state index contributed by atoms with van der Waals surface area (Å²) in [4.78, 5) is 26.9. The molecule has 0 spiro atoms. The predicted octanol–water partition coefficient (Wildman–Crippen LogP) is 0.00720. The van der Waals surface area contributed by atoms with Crippen LogP contribution in [0.15, 0.2) is 11.4 Å². The Morgan fingerprint density at radius 1 is 0.857 bits per heavy atom. The maximum Gasteiger partial charge on any atom is 0.182 e. The third kappa shape index (κ3) is 1.22. The molecule has 0 atom stereocenters. The Kier molecular flexibility index (Phi) is 2.06. The lowest BCUT2D eigenvalue weighted by molar-refractivity contribution is -0.117. The molecule has 0 radical (unpaired) electrons. The van der Waals surface area contributed by atoms with Crippen LogP contribution >= 0.6 is 0 Å². The fourth-order valence-corrected chi connectivity index (χ4v) is 2.05. The van der Waals surface area contributed by atoms with Gasteiger partial charge in [-0.2, -0.15) is 0 Å². The highest BCUT2D eigenvalue weighted by Gasteiger charge is 2.33. The van der Waals surface area contributed by atoms with Crippen LogP contribution in [0.2, 0.25) is 0 Å². The van der Waals surface area contributed by atoms with E-state index in [1.165, 1.54) is 0 Å². The van der Waals surface area contributed by atoms with Gasteiger partial charge in [-0.25, -0.2) is 0 Å². The average molecular weight is 194 g/mol. The second-order valence-corrected chi connectivity index (χ2v) is 3.89. The van der Waals surface area contributed by atoms with E-state index >= 15 is 0 Å². The van der Waals surface area contributed by atoms with E-state index in [2.05, 4.69) is 0 Å². The van der Waals surface area contributed by atoms with E-state index in [1.54, 1.807) is 0 Å². The first-order valence-corrected chi connectivity index (χ1v) is 4.84. The molecule has 0 bridgehead atoms. The predicted molar refractivity (Wildman–Crippen MR) is 51.5 cm³/mol. The van der Waals surface area contributed by atoms with Crippen molar-refractivity contribution in [1.29, 1.82) is 0 Å². The highest BCUT2D eigenvalue weighted by atomic mass is 16.1. The first-order chi connectivity index (χ1) is 6.61. The summed E-state index contributed by atoms with van der Waals surface area (Å²) in [5.74, 6) is 0.203. The summed E-state index contributed by atoms with van der Waals surface area (Å²) in [5, 5.41) is 0. The van der Waals surface area contributed by atoms with Crippen molar-refractivity contribution in [3.63, 3.8) is 0 Å². The first kappa shape index (κ1) is 9.24. The monoisotopic (exact) mass is 194 g/mol. The number of nitrogens with zero attached hydrogens (tertiary/aromatic N) is 2. The molecule has 4 nitrogen and oxygen atoms in total. The van der Waals surface area contributed by atoms with E-state index in [4.69, 9.17) is 0 Å². The molecule has 2 aliphatic rings. The number of likely N-dealkylation sites (tertiary alicyclic amines) is 2. The van der Waals surface area contributed by atoms with E-state index < -0.39 is 0 Å². The van der Waals surface area contributed by atoms with Gasteiger partial charge < -0.3 is 9.80 Å². The molecular formula is C10H14N2O2. The van der Waals surface area contributed by atoms with Crippen molar-refractivity contribution in [3.05, 3.63) is 11.4 Å². The Bertz CT molecular complexity index is 301. The van der Waals surface area contributed by atoms with Gasteiger partial charge in [0.25, 0.3) is 0 Å². The molecule has 2 fully saturated rings. The Labute approximate surface area is 83.2 Å². The molecule has 4 heteroatoms. The standard InChI is InChI=1S/C10H14N2O2/c1-11-5-3-7(13)9(11)10-8(14)4-6-12(10)2/h3-6H2,1-2H3. The molecule has 0 amide bonds. The maximum absolute atomic E-state index is 11.6. The van der Waals surface area contributed by atoms with Gasteiger partial charge in [0, 0.05) is 40.0 Å². The average Bonchev–Trinajstić information content (AvgIpc) is 2.60. The van der Waals surface area contributed by atoms with Crippen molar-refractivity contribution >= 4 is 11.6 Å². The zero-order valence-corrected chi connectivity index (χ0v) is 8.54. The zero-order valence-electron chi connectivity index (χ0n) is 8.54. The smallest absolute Gasteiger partial charge is 0.182 e. The van der Waals surface area contributed by atoms with Gasteiger partial charge >= 0.3 is 0 Å². The fourth-order valence-electron chi connectivity index (χ4n) is 2.05. The van der Waals surface area contributed by atoms with Crippen LogP contribution in [-0.4, -0.2) is 48.6 Å². The third-order valence-electron chi connectivity index (χ3n) is 2.86. The van der Waals surface area contributed by atoms with Crippen LogP contribution in [-0.2, 0) is 9.59 Å². The van der Waals surface area contributed by atoms with Gasteiger partial charge in [0.2, 0.25) is 0 Å². The molecule has 0 aromatic heterocycles. The minimum atomic E-state index is 0.101. The summed E-state index contributed by atoms with van der Waals surface area (Å²) in [6, 6.07) is 0. The van der Waals surface area contributed by atoms with E-state index in [1.807, 2.05) is 23.9 Å². The van der Waals surface area contributed by atoms with Crippen LogP contribution in [0.4, 0.5) is 0 Å². The topological polar surface area (TPSA) is 40.6 Å². The van der Waals surface area contributed by atoms with Crippen molar-refractivity contribution in [2.45, 2.75) is 12.8 Å². The minimum Gasteiger partial charge on any atom is -0.369 e. The summed E-state index contributed by atoms with van der Waals surface area (Å²) < 4.78 is 0. The molecular weight excluding hydrogens is 180 g/mol. The molecule has 0 unspecified atom stereocenters. The maximum atomic E-state index is 11.6. The van der Waals surface area contributed by atoms with Crippen molar-refractivity contribution in [3.8, 4) is 0 Å². The number of ketones is 2. The molecule has 0 aromatic carbocycles. The van der Waals surface area contributed by atoms with Crippen molar-refractivity contribution in [2.24, 2.45) is 0 Å². The normalized spacial score (nSPS) is 28.1. The van der Waals surface area contributed by atoms with E-state index in [0.29, 0.717) is 24.2 Å². The molecule has 0 aromatic rings. The van der Waals surface area contributed by atoms with Crippen LogP contribution in [0.5, 0.6) is 0 Å². The largest absolute Gasteiger partial charge is 0.369 e. The Morgan fingerprint density at radius 3 is 1.43 bits per heavy atom. The number of carbonyl (C=O) groups excluding carboxylic acids is 2. The summed E-state index contributed by atoms with van der Waals surface area (Å²) in [7, 11) is 3.74.